The summed E-state index contributed by atoms with van der Waals surface area (Å²) in [6.07, 6.45) is 2.18. The van der Waals surface area contributed by atoms with E-state index in [0.717, 1.165) is 25.1 Å². The van der Waals surface area contributed by atoms with Crippen LogP contribution in [0.15, 0.2) is 5.51 Å². The molecule has 0 aliphatic carbocycles. The Balaban J connectivity index is 2.77. The van der Waals surface area contributed by atoms with Crippen LogP contribution in [-0.4, -0.2) is 29.0 Å². The van der Waals surface area contributed by atoms with Crippen molar-refractivity contribution in [2.75, 3.05) is 13.6 Å². The van der Waals surface area contributed by atoms with Crippen LogP contribution in [0, 0.1) is 6.92 Å². The third-order valence-electron chi connectivity index (χ3n) is 3.73. The molecule has 4 heteroatoms. The lowest BCUT2D eigenvalue weighted by atomic mass is 9.91. The average molecular weight is 241 g/mol. The highest BCUT2D eigenvalue weighted by molar-refractivity contribution is 7.09. The minimum atomic E-state index is 0.135. The van der Waals surface area contributed by atoms with Gasteiger partial charge in [-0.05, 0) is 26.8 Å². The first-order valence-corrected chi connectivity index (χ1v) is 6.78. The molecule has 3 nitrogen and oxygen atoms in total. The fraction of sp³-hybridized carbons (Fsp3) is 0.750. The van der Waals surface area contributed by atoms with Gasteiger partial charge in [-0.2, -0.15) is 0 Å². The molecule has 2 N–H and O–H groups in total. The zero-order valence-electron chi connectivity index (χ0n) is 10.8. The molecule has 1 aromatic heterocycles. The molecule has 0 fully saturated rings. The fourth-order valence-corrected chi connectivity index (χ4v) is 2.92. The van der Waals surface area contributed by atoms with Crippen LogP contribution in [0.3, 0.4) is 0 Å². The van der Waals surface area contributed by atoms with E-state index >= 15 is 0 Å². The summed E-state index contributed by atoms with van der Waals surface area (Å²) in [7, 11) is 2.17. The highest BCUT2D eigenvalue weighted by atomic mass is 32.1. The Morgan fingerprint density at radius 2 is 2.06 bits per heavy atom. The molecule has 0 radical (unpaired) electrons. The van der Waals surface area contributed by atoms with Gasteiger partial charge >= 0.3 is 0 Å². The quantitative estimate of drug-likeness (QED) is 0.831. The summed E-state index contributed by atoms with van der Waals surface area (Å²) in [4.78, 5) is 8.02. The van der Waals surface area contributed by atoms with Crippen molar-refractivity contribution < 1.29 is 0 Å². The first-order chi connectivity index (χ1) is 7.59. The minimum Gasteiger partial charge on any atom is -0.329 e. The van der Waals surface area contributed by atoms with Crippen molar-refractivity contribution >= 4 is 11.3 Å². The normalized spacial score (nSPS) is 12.4. The van der Waals surface area contributed by atoms with Gasteiger partial charge in [0.05, 0.1) is 11.2 Å². The van der Waals surface area contributed by atoms with E-state index in [0.29, 0.717) is 6.54 Å². The van der Waals surface area contributed by atoms with E-state index in [9.17, 15) is 0 Å². The maximum absolute atomic E-state index is 5.94. The van der Waals surface area contributed by atoms with Gasteiger partial charge in [0.2, 0.25) is 0 Å². The summed E-state index contributed by atoms with van der Waals surface area (Å²) in [5.74, 6) is 0. The van der Waals surface area contributed by atoms with E-state index in [1.165, 1.54) is 4.88 Å². The highest BCUT2D eigenvalue weighted by Gasteiger charge is 2.29. The summed E-state index contributed by atoms with van der Waals surface area (Å²) >= 11 is 1.73. The summed E-state index contributed by atoms with van der Waals surface area (Å²) < 4.78 is 0. The number of nitrogens with two attached hydrogens (primary N) is 1. The molecule has 0 saturated heterocycles. The number of aryl methyl sites for hydroxylation is 1. The molecule has 0 atom stereocenters. The standard InChI is InChI=1S/C12H23N3S/c1-5-12(6-2,8-13)15(4)7-11-10(3)14-9-16-11/h9H,5-8,13H2,1-4H3. The number of hydrogen-bond acceptors (Lipinski definition) is 4. The topological polar surface area (TPSA) is 42.1 Å². The lowest BCUT2D eigenvalue weighted by Crippen LogP contribution is -2.50. The summed E-state index contributed by atoms with van der Waals surface area (Å²) in [5.41, 5.74) is 9.14. The summed E-state index contributed by atoms with van der Waals surface area (Å²) in [6, 6.07) is 0. The monoisotopic (exact) mass is 241 g/mol. The van der Waals surface area contributed by atoms with Crippen molar-refractivity contribution in [2.24, 2.45) is 5.73 Å². The molecule has 0 saturated carbocycles. The van der Waals surface area contributed by atoms with Gasteiger partial charge in [0.15, 0.2) is 0 Å². The van der Waals surface area contributed by atoms with Crippen LogP contribution in [-0.2, 0) is 6.54 Å². The summed E-state index contributed by atoms with van der Waals surface area (Å²) in [6.45, 7) is 8.17. The largest absolute Gasteiger partial charge is 0.329 e. The minimum absolute atomic E-state index is 0.135. The molecular weight excluding hydrogens is 218 g/mol. The average Bonchev–Trinajstić information content (AvgIpc) is 2.68. The fourth-order valence-electron chi connectivity index (χ4n) is 2.10. The van der Waals surface area contributed by atoms with E-state index in [2.05, 4.69) is 37.7 Å². The number of thiazole rings is 1. The van der Waals surface area contributed by atoms with E-state index in [4.69, 9.17) is 5.73 Å². The second-order valence-corrected chi connectivity index (χ2v) is 5.29. The van der Waals surface area contributed by atoms with Crippen molar-refractivity contribution in [3.8, 4) is 0 Å². The van der Waals surface area contributed by atoms with Crippen molar-refractivity contribution in [3.05, 3.63) is 16.1 Å². The van der Waals surface area contributed by atoms with Gasteiger partial charge in [0, 0.05) is 23.5 Å². The molecule has 0 aliphatic rings. The van der Waals surface area contributed by atoms with Crippen LogP contribution in [0.5, 0.6) is 0 Å². The predicted octanol–water partition coefficient (Wildman–Crippen LogP) is 2.40. The molecule has 92 valence electrons. The molecule has 1 heterocycles. The molecular formula is C12H23N3S. The zero-order valence-corrected chi connectivity index (χ0v) is 11.6. The van der Waals surface area contributed by atoms with Crippen LogP contribution in [0.2, 0.25) is 0 Å². The van der Waals surface area contributed by atoms with Crippen molar-refractivity contribution in [1.82, 2.24) is 9.88 Å². The first kappa shape index (κ1) is 13.6. The van der Waals surface area contributed by atoms with Gasteiger partial charge in [-0.1, -0.05) is 13.8 Å². The van der Waals surface area contributed by atoms with Crippen LogP contribution >= 0.6 is 11.3 Å². The lowest BCUT2D eigenvalue weighted by Gasteiger charge is -2.40. The number of likely N-dealkylation sites (N-methyl/N-ethyl adjacent to an activating group) is 1. The van der Waals surface area contributed by atoms with Gasteiger partial charge < -0.3 is 5.73 Å². The Morgan fingerprint density at radius 1 is 1.44 bits per heavy atom. The van der Waals surface area contributed by atoms with Gasteiger partial charge in [-0.3, -0.25) is 4.90 Å². The zero-order chi connectivity index (χ0) is 12.2. The van der Waals surface area contributed by atoms with Crippen LogP contribution in [0.4, 0.5) is 0 Å². The molecule has 0 amide bonds. The SMILES string of the molecule is CCC(CC)(CN)N(C)Cc1scnc1C. The molecule has 0 aliphatic heterocycles. The third kappa shape index (κ3) is 2.62. The van der Waals surface area contributed by atoms with E-state index < -0.39 is 0 Å². The maximum Gasteiger partial charge on any atom is 0.0798 e. The van der Waals surface area contributed by atoms with Gasteiger partial charge in [-0.15, -0.1) is 11.3 Å². The number of aromatic nitrogens is 1. The first-order valence-electron chi connectivity index (χ1n) is 5.90. The molecule has 0 aromatic carbocycles. The van der Waals surface area contributed by atoms with E-state index in [1.807, 2.05) is 5.51 Å². The third-order valence-corrected chi connectivity index (χ3v) is 4.65. The number of nitrogens with zero attached hydrogens (tertiary/aromatic N) is 2. The second kappa shape index (κ2) is 5.75. The Kier molecular flexibility index (Phi) is 4.89. The highest BCUT2D eigenvalue weighted by Crippen LogP contribution is 2.25. The van der Waals surface area contributed by atoms with Crippen LogP contribution in [0.25, 0.3) is 0 Å². The Labute approximate surface area is 103 Å². The maximum atomic E-state index is 5.94. The molecule has 16 heavy (non-hydrogen) atoms. The molecule has 0 spiro atoms. The van der Waals surface area contributed by atoms with Gasteiger partial charge in [0.1, 0.15) is 0 Å². The number of hydrogen-bond donors (Lipinski definition) is 1. The Morgan fingerprint density at radius 3 is 2.44 bits per heavy atom. The van der Waals surface area contributed by atoms with Crippen LogP contribution < -0.4 is 5.73 Å². The van der Waals surface area contributed by atoms with E-state index in [-0.39, 0.29) is 5.54 Å². The van der Waals surface area contributed by atoms with Crippen LogP contribution in [0.1, 0.15) is 37.3 Å². The lowest BCUT2D eigenvalue weighted by molar-refractivity contribution is 0.109. The summed E-state index contributed by atoms with van der Waals surface area (Å²) in [5, 5.41) is 0. The Bertz CT molecular complexity index is 310. The van der Waals surface area contributed by atoms with Gasteiger partial charge in [-0.25, -0.2) is 4.98 Å². The second-order valence-electron chi connectivity index (χ2n) is 4.35. The predicted molar refractivity (Wildman–Crippen MR) is 70.7 cm³/mol. The molecule has 1 rings (SSSR count). The van der Waals surface area contributed by atoms with E-state index in [1.54, 1.807) is 11.3 Å². The smallest absolute Gasteiger partial charge is 0.0798 e. The van der Waals surface area contributed by atoms with Gasteiger partial charge in [0.25, 0.3) is 0 Å². The Hall–Kier alpha value is -0.450. The van der Waals surface area contributed by atoms with Crippen molar-refractivity contribution in [1.29, 1.82) is 0 Å². The molecule has 1 aromatic rings. The van der Waals surface area contributed by atoms with Crippen molar-refractivity contribution in [2.45, 2.75) is 45.7 Å². The number of rotatable bonds is 6. The molecule has 0 unspecified atom stereocenters. The molecule has 0 bridgehead atoms. The van der Waals surface area contributed by atoms with Crippen molar-refractivity contribution in [3.63, 3.8) is 0 Å².